The highest BCUT2D eigenvalue weighted by atomic mass is 35.5. The summed E-state index contributed by atoms with van der Waals surface area (Å²) in [6.45, 7) is 8.55. The molecule has 0 spiro atoms. The number of nitrogens with one attached hydrogen (secondary N) is 1. The number of aromatic nitrogens is 2. The van der Waals surface area contributed by atoms with Gasteiger partial charge in [0.05, 0.1) is 5.02 Å². The highest BCUT2D eigenvalue weighted by Gasteiger charge is 2.04. The van der Waals surface area contributed by atoms with Gasteiger partial charge in [-0.15, -0.1) is 0 Å². The first-order valence-electron chi connectivity index (χ1n) is 7.12. The van der Waals surface area contributed by atoms with E-state index in [4.69, 9.17) is 11.6 Å². The zero-order valence-corrected chi connectivity index (χ0v) is 12.8. The first-order chi connectivity index (χ1) is 9.74. The molecule has 0 saturated heterocycles. The van der Waals surface area contributed by atoms with Crippen LogP contribution in [0, 0.1) is 0 Å². The number of rotatable bonds is 7. The molecule has 0 atom stereocenters. The molecule has 0 aromatic carbocycles. The molecule has 1 N–H and O–H groups in total. The van der Waals surface area contributed by atoms with Gasteiger partial charge in [0.15, 0.2) is 5.65 Å². The van der Waals surface area contributed by atoms with E-state index >= 15 is 0 Å². The van der Waals surface area contributed by atoms with Crippen molar-refractivity contribution in [3.8, 4) is 0 Å². The number of nitrogens with zero attached hydrogens (tertiary/aromatic N) is 3. The molecule has 0 radical (unpaired) electrons. The maximum Gasteiger partial charge on any atom is 0.162 e. The van der Waals surface area contributed by atoms with Crippen LogP contribution in [0.5, 0.6) is 0 Å². The van der Waals surface area contributed by atoms with Gasteiger partial charge in [-0.05, 0) is 44.3 Å². The van der Waals surface area contributed by atoms with Crippen molar-refractivity contribution in [1.82, 2.24) is 14.9 Å². The van der Waals surface area contributed by atoms with Gasteiger partial charge >= 0.3 is 0 Å². The molecule has 2 rings (SSSR count). The second kappa shape index (κ2) is 7.41. The molecule has 0 bridgehead atoms. The van der Waals surface area contributed by atoms with Crippen molar-refractivity contribution in [2.24, 2.45) is 0 Å². The van der Waals surface area contributed by atoms with Crippen LogP contribution in [0.1, 0.15) is 20.3 Å². The summed E-state index contributed by atoms with van der Waals surface area (Å²) in [5.74, 6) is 0.792. The third-order valence-corrected chi connectivity index (χ3v) is 3.70. The maximum absolute atomic E-state index is 6.24. The Balaban J connectivity index is 1.93. The molecule has 0 unspecified atom stereocenters. The molecule has 2 aromatic heterocycles. The van der Waals surface area contributed by atoms with Gasteiger partial charge in [-0.2, -0.15) is 0 Å². The molecule has 20 heavy (non-hydrogen) atoms. The zero-order valence-electron chi connectivity index (χ0n) is 12.1. The van der Waals surface area contributed by atoms with Crippen LogP contribution in [0.25, 0.3) is 11.0 Å². The second-order valence-electron chi connectivity index (χ2n) is 4.67. The summed E-state index contributed by atoms with van der Waals surface area (Å²) in [5.41, 5.74) is 0.686. The molecule has 0 amide bonds. The Labute approximate surface area is 125 Å². The van der Waals surface area contributed by atoms with Gasteiger partial charge in [-0.25, -0.2) is 9.97 Å². The van der Waals surface area contributed by atoms with Crippen LogP contribution in [-0.2, 0) is 0 Å². The maximum atomic E-state index is 6.24. The second-order valence-corrected chi connectivity index (χ2v) is 5.08. The lowest BCUT2D eigenvalue weighted by Gasteiger charge is -2.17. The van der Waals surface area contributed by atoms with Crippen LogP contribution >= 0.6 is 11.6 Å². The Kier molecular flexibility index (Phi) is 5.56. The number of fused-ring (bicyclic) bond motifs is 1. The molecule has 0 aliphatic carbocycles. The Morgan fingerprint density at radius 3 is 2.85 bits per heavy atom. The van der Waals surface area contributed by atoms with Crippen molar-refractivity contribution < 1.29 is 0 Å². The first-order valence-corrected chi connectivity index (χ1v) is 7.50. The van der Waals surface area contributed by atoms with Gasteiger partial charge in [0.1, 0.15) is 5.82 Å². The van der Waals surface area contributed by atoms with E-state index in [-0.39, 0.29) is 0 Å². The lowest BCUT2D eigenvalue weighted by Crippen LogP contribution is -2.25. The van der Waals surface area contributed by atoms with Gasteiger partial charge < -0.3 is 10.2 Å². The molecule has 2 heterocycles. The van der Waals surface area contributed by atoms with Crippen molar-refractivity contribution in [3.63, 3.8) is 0 Å². The smallest absolute Gasteiger partial charge is 0.162 e. The standard InChI is InChI=1S/C15H21ClN4/c1-3-20(4-2)10-6-9-17-14-11-13(16)12-7-5-8-18-15(12)19-14/h5,7-8,11H,3-4,6,9-10H2,1-2H3,(H,17,18,19). The van der Waals surface area contributed by atoms with Gasteiger partial charge in [0, 0.05) is 18.1 Å². The SMILES string of the molecule is CCN(CC)CCCNc1cc(Cl)c2cccnc2n1. The fourth-order valence-electron chi connectivity index (χ4n) is 2.17. The van der Waals surface area contributed by atoms with Crippen LogP contribution < -0.4 is 5.32 Å². The minimum atomic E-state index is 0.686. The predicted octanol–water partition coefficient (Wildman–Crippen LogP) is 3.43. The number of halogens is 1. The van der Waals surface area contributed by atoms with Crippen LogP contribution in [0.2, 0.25) is 5.02 Å². The molecule has 0 aliphatic rings. The molecule has 108 valence electrons. The summed E-state index contributed by atoms with van der Waals surface area (Å²) >= 11 is 6.24. The van der Waals surface area contributed by atoms with E-state index in [1.165, 1.54) is 0 Å². The molecule has 0 aliphatic heterocycles. The first kappa shape index (κ1) is 15.0. The minimum absolute atomic E-state index is 0.686. The minimum Gasteiger partial charge on any atom is -0.370 e. The summed E-state index contributed by atoms with van der Waals surface area (Å²) in [6.07, 6.45) is 2.82. The third kappa shape index (κ3) is 3.81. The van der Waals surface area contributed by atoms with Gasteiger partial charge in [0.2, 0.25) is 0 Å². The largest absolute Gasteiger partial charge is 0.370 e. The molecular formula is C15H21ClN4. The number of hydrogen-bond acceptors (Lipinski definition) is 4. The molecule has 0 saturated carbocycles. The predicted molar refractivity (Wildman–Crippen MR) is 85.4 cm³/mol. The molecule has 2 aromatic rings. The summed E-state index contributed by atoms with van der Waals surface area (Å²) in [6, 6.07) is 5.66. The zero-order chi connectivity index (χ0) is 14.4. The highest BCUT2D eigenvalue weighted by Crippen LogP contribution is 2.23. The monoisotopic (exact) mass is 292 g/mol. The fourth-order valence-corrected chi connectivity index (χ4v) is 2.42. The molecule has 0 fully saturated rings. The van der Waals surface area contributed by atoms with Gasteiger partial charge in [-0.3, -0.25) is 0 Å². The quantitative estimate of drug-likeness (QED) is 0.794. The number of anilines is 1. The van der Waals surface area contributed by atoms with Gasteiger partial charge in [-0.1, -0.05) is 25.4 Å². The van der Waals surface area contributed by atoms with Crippen molar-refractivity contribution in [2.45, 2.75) is 20.3 Å². The average Bonchev–Trinajstić information content (AvgIpc) is 2.47. The summed E-state index contributed by atoms with van der Waals surface area (Å²) in [5, 5.41) is 4.90. The van der Waals surface area contributed by atoms with Crippen molar-refractivity contribution in [3.05, 3.63) is 29.4 Å². The van der Waals surface area contributed by atoms with Crippen LogP contribution in [0.3, 0.4) is 0 Å². The van der Waals surface area contributed by atoms with Crippen LogP contribution in [0.4, 0.5) is 5.82 Å². The van der Waals surface area contributed by atoms with E-state index in [0.717, 1.165) is 43.8 Å². The number of pyridine rings is 2. The van der Waals surface area contributed by atoms with E-state index in [1.807, 2.05) is 18.2 Å². The number of hydrogen-bond donors (Lipinski definition) is 1. The lowest BCUT2D eigenvalue weighted by atomic mass is 10.3. The Morgan fingerprint density at radius 2 is 2.10 bits per heavy atom. The van der Waals surface area contributed by atoms with E-state index in [2.05, 4.69) is 34.0 Å². The molecular weight excluding hydrogens is 272 g/mol. The Morgan fingerprint density at radius 1 is 1.30 bits per heavy atom. The highest BCUT2D eigenvalue weighted by molar-refractivity contribution is 6.35. The third-order valence-electron chi connectivity index (χ3n) is 3.39. The van der Waals surface area contributed by atoms with Gasteiger partial charge in [0.25, 0.3) is 0 Å². The Hall–Kier alpha value is -1.39. The molecule has 5 heteroatoms. The van der Waals surface area contributed by atoms with Crippen molar-refractivity contribution in [2.75, 3.05) is 31.5 Å². The fraction of sp³-hybridized carbons (Fsp3) is 0.467. The normalized spacial score (nSPS) is 11.2. The van der Waals surface area contributed by atoms with Crippen molar-refractivity contribution in [1.29, 1.82) is 0 Å². The summed E-state index contributed by atoms with van der Waals surface area (Å²) in [7, 11) is 0. The van der Waals surface area contributed by atoms with Crippen molar-refractivity contribution >= 4 is 28.5 Å². The average molecular weight is 293 g/mol. The van der Waals surface area contributed by atoms with E-state index in [1.54, 1.807) is 6.20 Å². The van der Waals surface area contributed by atoms with Crippen LogP contribution in [0.15, 0.2) is 24.4 Å². The Bertz CT molecular complexity index is 555. The van der Waals surface area contributed by atoms with E-state index < -0.39 is 0 Å². The topological polar surface area (TPSA) is 41.0 Å². The summed E-state index contributed by atoms with van der Waals surface area (Å²) in [4.78, 5) is 11.1. The van der Waals surface area contributed by atoms with Crippen LogP contribution in [-0.4, -0.2) is 41.0 Å². The summed E-state index contributed by atoms with van der Waals surface area (Å²) < 4.78 is 0. The lowest BCUT2D eigenvalue weighted by molar-refractivity contribution is 0.303. The molecule has 4 nitrogen and oxygen atoms in total. The van der Waals surface area contributed by atoms with E-state index in [0.29, 0.717) is 10.7 Å². The van der Waals surface area contributed by atoms with E-state index in [9.17, 15) is 0 Å².